The van der Waals surface area contributed by atoms with E-state index in [1.54, 1.807) is 13.0 Å². The first-order chi connectivity index (χ1) is 11.4. The number of hydrogen-bond acceptors (Lipinski definition) is 5. The molecule has 0 radical (unpaired) electrons. The molecule has 0 fully saturated rings. The molecule has 0 aliphatic carbocycles. The van der Waals surface area contributed by atoms with E-state index in [1.165, 1.54) is 19.2 Å². The first kappa shape index (κ1) is 20.6. The van der Waals surface area contributed by atoms with Crippen LogP contribution in [0.25, 0.3) is 0 Å². The predicted molar refractivity (Wildman–Crippen MR) is 91.7 cm³/mol. The lowest BCUT2D eigenvalue weighted by atomic mass is 10.1. The quantitative estimate of drug-likeness (QED) is 0.577. The Morgan fingerprint density at radius 1 is 1.21 bits per heavy atom. The van der Waals surface area contributed by atoms with Crippen molar-refractivity contribution in [1.82, 2.24) is 10.0 Å². The summed E-state index contributed by atoms with van der Waals surface area (Å²) in [4.78, 5) is 12.3. The molecule has 0 unspecified atom stereocenters. The topological polar surface area (TPSA) is 93.7 Å². The molecule has 0 bridgehead atoms. The van der Waals surface area contributed by atoms with Gasteiger partial charge in [0.2, 0.25) is 10.0 Å². The van der Waals surface area contributed by atoms with Crippen molar-refractivity contribution in [2.45, 2.75) is 25.2 Å². The maximum absolute atomic E-state index is 12.3. The fourth-order valence-electron chi connectivity index (χ4n) is 1.99. The van der Waals surface area contributed by atoms with Gasteiger partial charge in [0.15, 0.2) is 0 Å². The Kier molecular flexibility index (Phi) is 8.91. The molecule has 24 heavy (non-hydrogen) atoms. The average molecular weight is 358 g/mol. The van der Waals surface area contributed by atoms with Gasteiger partial charge in [0.1, 0.15) is 0 Å². The van der Waals surface area contributed by atoms with Crippen LogP contribution in [-0.4, -0.2) is 54.3 Å². The fraction of sp³-hybridized carbons (Fsp3) is 0.562. The Balaban J connectivity index is 2.76. The van der Waals surface area contributed by atoms with E-state index < -0.39 is 10.0 Å². The number of nitrogens with one attached hydrogen (secondary N) is 2. The van der Waals surface area contributed by atoms with Gasteiger partial charge in [-0.15, -0.1) is 0 Å². The Hall–Kier alpha value is -1.48. The van der Waals surface area contributed by atoms with Crippen LogP contribution < -0.4 is 10.0 Å². The molecule has 1 aromatic rings. The minimum atomic E-state index is -3.67. The van der Waals surface area contributed by atoms with E-state index >= 15 is 0 Å². The standard InChI is InChI=1S/C16H26N2O5S/c1-4-23-10-5-8-17-16(19)15-12-14(7-6-13(15)2)24(20,21)18-9-11-22-3/h6-7,12,18H,4-5,8-11H2,1-3H3,(H,17,19). The van der Waals surface area contributed by atoms with Crippen molar-refractivity contribution >= 4 is 15.9 Å². The zero-order valence-electron chi connectivity index (χ0n) is 14.4. The summed E-state index contributed by atoms with van der Waals surface area (Å²) < 4.78 is 36.9. The second-order valence-electron chi connectivity index (χ2n) is 5.17. The van der Waals surface area contributed by atoms with Crippen molar-refractivity contribution in [1.29, 1.82) is 0 Å². The SMILES string of the molecule is CCOCCCNC(=O)c1cc(S(=O)(=O)NCCOC)ccc1C. The Morgan fingerprint density at radius 2 is 1.96 bits per heavy atom. The summed E-state index contributed by atoms with van der Waals surface area (Å²) in [7, 11) is -2.17. The Morgan fingerprint density at radius 3 is 2.62 bits per heavy atom. The summed E-state index contributed by atoms with van der Waals surface area (Å²) >= 11 is 0. The second-order valence-corrected chi connectivity index (χ2v) is 6.94. The molecule has 1 aromatic carbocycles. The number of sulfonamides is 1. The third-order valence-corrected chi connectivity index (χ3v) is 4.78. The summed E-state index contributed by atoms with van der Waals surface area (Å²) in [6, 6.07) is 4.50. The molecule has 0 aliphatic rings. The first-order valence-electron chi connectivity index (χ1n) is 7.87. The number of ether oxygens (including phenoxy) is 2. The monoisotopic (exact) mass is 358 g/mol. The van der Waals surface area contributed by atoms with E-state index in [0.717, 1.165) is 0 Å². The molecule has 0 saturated carbocycles. The number of rotatable bonds is 11. The molecule has 7 nitrogen and oxygen atoms in total. The maximum atomic E-state index is 12.3. The van der Waals surface area contributed by atoms with Crippen molar-refractivity contribution in [3.05, 3.63) is 29.3 Å². The average Bonchev–Trinajstić information content (AvgIpc) is 2.54. The maximum Gasteiger partial charge on any atom is 0.251 e. The summed E-state index contributed by atoms with van der Waals surface area (Å²) in [5, 5.41) is 2.78. The number of methoxy groups -OCH3 is 1. The lowest BCUT2D eigenvalue weighted by Gasteiger charge is -2.11. The molecular formula is C16H26N2O5S. The predicted octanol–water partition coefficient (Wildman–Crippen LogP) is 1.08. The Bertz CT molecular complexity index is 631. The molecule has 8 heteroatoms. The smallest absolute Gasteiger partial charge is 0.251 e. The van der Waals surface area contributed by atoms with Gasteiger partial charge in [-0.3, -0.25) is 4.79 Å². The lowest BCUT2D eigenvalue weighted by Crippen LogP contribution is -2.29. The van der Waals surface area contributed by atoms with Crippen molar-refractivity contribution < 1.29 is 22.7 Å². The van der Waals surface area contributed by atoms with Crippen LogP contribution >= 0.6 is 0 Å². The molecular weight excluding hydrogens is 332 g/mol. The molecule has 0 spiro atoms. The summed E-state index contributed by atoms with van der Waals surface area (Å²) in [6.07, 6.45) is 0.704. The highest BCUT2D eigenvalue weighted by Gasteiger charge is 2.17. The number of benzene rings is 1. The van der Waals surface area contributed by atoms with Gasteiger partial charge >= 0.3 is 0 Å². The van der Waals surface area contributed by atoms with Gasteiger partial charge in [-0.05, 0) is 38.0 Å². The van der Waals surface area contributed by atoms with Gasteiger partial charge in [-0.1, -0.05) is 6.07 Å². The molecule has 2 N–H and O–H groups in total. The molecule has 1 amide bonds. The number of aryl methyl sites for hydroxylation is 1. The van der Waals surface area contributed by atoms with E-state index in [1.807, 2.05) is 6.92 Å². The number of hydrogen-bond donors (Lipinski definition) is 2. The molecule has 0 atom stereocenters. The summed E-state index contributed by atoms with van der Waals surface area (Å²) in [5.41, 5.74) is 1.06. The van der Waals surface area contributed by atoms with Gasteiger partial charge in [-0.2, -0.15) is 0 Å². The minimum absolute atomic E-state index is 0.0590. The van der Waals surface area contributed by atoms with Crippen LogP contribution in [0.5, 0.6) is 0 Å². The zero-order chi connectivity index (χ0) is 18.0. The van der Waals surface area contributed by atoms with Gasteiger partial charge in [0.25, 0.3) is 5.91 Å². The largest absolute Gasteiger partial charge is 0.383 e. The highest BCUT2D eigenvalue weighted by Crippen LogP contribution is 2.15. The second kappa shape index (κ2) is 10.4. The van der Waals surface area contributed by atoms with Crippen LogP contribution in [-0.2, 0) is 19.5 Å². The zero-order valence-corrected chi connectivity index (χ0v) is 15.2. The molecule has 0 aliphatic heterocycles. The van der Waals surface area contributed by atoms with Crippen molar-refractivity contribution in [2.75, 3.05) is 40.0 Å². The van der Waals surface area contributed by atoms with Gasteiger partial charge in [-0.25, -0.2) is 13.1 Å². The van der Waals surface area contributed by atoms with E-state index in [0.29, 0.717) is 37.3 Å². The van der Waals surface area contributed by atoms with Gasteiger partial charge < -0.3 is 14.8 Å². The van der Waals surface area contributed by atoms with Crippen molar-refractivity contribution in [2.24, 2.45) is 0 Å². The fourth-order valence-corrected chi connectivity index (χ4v) is 3.03. The first-order valence-corrected chi connectivity index (χ1v) is 9.36. The highest BCUT2D eigenvalue weighted by molar-refractivity contribution is 7.89. The van der Waals surface area contributed by atoms with Gasteiger partial charge in [0.05, 0.1) is 11.5 Å². The van der Waals surface area contributed by atoms with E-state index in [-0.39, 0.29) is 24.0 Å². The minimum Gasteiger partial charge on any atom is -0.383 e. The van der Waals surface area contributed by atoms with Crippen molar-refractivity contribution in [3.8, 4) is 0 Å². The van der Waals surface area contributed by atoms with E-state index in [4.69, 9.17) is 9.47 Å². The van der Waals surface area contributed by atoms with Crippen LogP contribution in [0.15, 0.2) is 23.1 Å². The molecule has 1 rings (SSSR count). The molecule has 136 valence electrons. The summed E-state index contributed by atoms with van der Waals surface area (Å²) in [6.45, 7) is 5.82. The van der Waals surface area contributed by atoms with Gasteiger partial charge in [0, 0.05) is 39.0 Å². The lowest BCUT2D eigenvalue weighted by molar-refractivity contribution is 0.0943. The Labute approximate surface area is 143 Å². The van der Waals surface area contributed by atoms with Crippen LogP contribution in [0.4, 0.5) is 0 Å². The third-order valence-electron chi connectivity index (χ3n) is 3.32. The van der Waals surface area contributed by atoms with E-state index in [9.17, 15) is 13.2 Å². The normalized spacial score (nSPS) is 11.5. The van der Waals surface area contributed by atoms with Crippen LogP contribution in [0.3, 0.4) is 0 Å². The number of carbonyl (C=O) groups is 1. The van der Waals surface area contributed by atoms with Crippen LogP contribution in [0, 0.1) is 6.92 Å². The van der Waals surface area contributed by atoms with E-state index in [2.05, 4.69) is 10.0 Å². The van der Waals surface area contributed by atoms with Crippen LogP contribution in [0.1, 0.15) is 29.3 Å². The molecule has 0 heterocycles. The summed E-state index contributed by atoms with van der Waals surface area (Å²) in [5.74, 6) is -0.294. The number of carbonyl (C=O) groups excluding carboxylic acids is 1. The molecule has 0 saturated heterocycles. The van der Waals surface area contributed by atoms with Crippen molar-refractivity contribution in [3.63, 3.8) is 0 Å². The molecule has 0 aromatic heterocycles. The van der Waals surface area contributed by atoms with Crippen LogP contribution in [0.2, 0.25) is 0 Å². The number of amides is 1. The third kappa shape index (κ3) is 6.56. The highest BCUT2D eigenvalue weighted by atomic mass is 32.2.